The third-order valence-corrected chi connectivity index (χ3v) is 2.83. The van der Waals surface area contributed by atoms with E-state index in [9.17, 15) is 13.6 Å². The number of halogens is 2. The minimum absolute atomic E-state index is 0.0970. The molecule has 0 spiro atoms. The van der Waals surface area contributed by atoms with Crippen molar-refractivity contribution in [3.8, 4) is 0 Å². The highest BCUT2D eigenvalue weighted by atomic mass is 19.1. The van der Waals surface area contributed by atoms with Crippen molar-refractivity contribution in [2.45, 2.75) is 13.0 Å². The average molecular weight is 240 g/mol. The largest absolute Gasteiger partial charge is 0.352 e. The second-order valence-corrected chi connectivity index (χ2v) is 4.24. The Morgan fingerprint density at radius 1 is 1.41 bits per heavy atom. The van der Waals surface area contributed by atoms with Crippen molar-refractivity contribution in [2.24, 2.45) is 5.92 Å². The number of amides is 1. The van der Waals surface area contributed by atoms with Crippen LogP contribution in [0.5, 0.6) is 0 Å². The Balaban J connectivity index is 1.82. The second kappa shape index (κ2) is 5.23. The van der Waals surface area contributed by atoms with Crippen LogP contribution in [0.15, 0.2) is 18.2 Å². The minimum Gasteiger partial charge on any atom is -0.352 e. The van der Waals surface area contributed by atoms with Gasteiger partial charge < -0.3 is 10.6 Å². The van der Waals surface area contributed by atoms with Crippen LogP contribution in [0.4, 0.5) is 8.78 Å². The molecule has 1 amide bonds. The molecule has 0 bridgehead atoms. The summed E-state index contributed by atoms with van der Waals surface area (Å²) in [7, 11) is 0. The van der Waals surface area contributed by atoms with E-state index >= 15 is 0 Å². The summed E-state index contributed by atoms with van der Waals surface area (Å²) in [5.74, 6) is -0.956. The summed E-state index contributed by atoms with van der Waals surface area (Å²) in [6, 6.07) is 3.34. The Kier molecular flexibility index (Phi) is 3.68. The van der Waals surface area contributed by atoms with Gasteiger partial charge in [0, 0.05) is 24.6 Å². The summed E-state index contributed by atoms with van der Waals surface area (Å²) < 4.78 is 25.9. The van der Waals surface area contributed by atoms with E-state index < -0.39 is 11.6 Å². The number of benzene rings is 1. The first-order valence-electron chi connectivity index (χ1n) is 5.56. The molecule has 2 N–H and O–H groups in total. The average Bonchev–Trinajstić information content (AvgIpc) is 2.22. The number of carbonyl (C=O) groups excluding carboxylic acids is 1. The molecule has 1 aromatic carbocycles. The molecule has 0 radical (unpaired) electrons. The Morgan fingerprint density at radius 2 is 2.18 bits per heavy atom. The van der Waals surface area contributed by atoms with Crippen LogP contribution in [0, 0.1) is 17.6 Å². The first-order chi connectivity index (χ1) is 8.15. The van der Waals surface area contributed by atoms with Crippen LogP contribution in [0.1, 0.15) is 12.0 Å². The molecule has 3 nitrogen and oxygen atoms in total. The van der Waals surface area contributed by atoms with E-state index in [1.54, 1.807) is 0 Å². The monoisotopic (exact) mass is 240 g/mol. The summed E-state index contributed by atoms with van der Waals surface area (Å²) in [5.41, 5.74) is 0.298. The maximum absolute atomic E-state index is 13.2. The van der Waals surface area contributed by atoms with Gasteiger partial charge in [-0.3, -0.25) is 4.79 Å². The van der Waals surface area contributed by atoms with Crippen LogP contribution in [0.2, 0.25) is 0 Å². The Hall–Kier alpha value is -1.49. The van der Waals surface area contributed by atoms with Crippen molar-refractivity contribution in [2.75, 3.05) is 13.1 Å². The van der Waals surface area contributed by atoms with Crippen LogP contribution >= 0.6 is 0 Å². The Morgan fingerprint density at radius 3 is 2.76 bits per heavy atom. The molecule has 1 aromatic rings. The van der Waals surface area contributed by atoms with Gasteiger partial charge in [-0.25, -0.2) is 8.78 Å². The molecule has 5 heteroatoms. The van der Waals surface area contributed by atoms with Gasteiger partial charge in [-0.05, 0) is 25.1 Å². The zero-order chi connectivity index (χ0) is 12.3. The fourth-order valence-corrected chi connectivity index (χ4v) is 1.69. The Bertz CT molecular complexity index is 419. The van der Waals surface area contributed by atoms with Crippen molar-refractivity contribution < 1.29 is 13.6 Å². The van der Waals surface area contributed by atoms with Gasteiger partial charge >= 0.3 is 0 Å². The van der Waals surface area contributed by atoms with E-state index in [2.05, 4.69) is 10.6 Å². The first-order valence-corrected chi connectivity index (χ1v) is 5.56. The summed E-state index contributed by atoms with van der Waals surface area (Å²) in [6.45, 7) is 1.82. The van der Waals surface area contributed by atoms with E-state index in [1.165, 1.54) is 12.1 Å². The van der Waals surface area contributed by atoms with E-state index in [0.29, 0.717) is 17.9 Å². The number of carbonyl (C=O) groups is 1. The molecule has 0 aromatic heterocycles. The molecule has 1 heterocycles. The number of rotatable bonds is 4. The van der Waals surface area contributed by atoms with Crippen LogP contribution in [-0.2, 0) is 11.3 Å². The molecule has 1 aliphatic rings. The van der Waals surface area contributed by atoms with E-state index in [1.807, 2.05) is 0 Å². The molecule has 1 fully saturated rings. The molecule has 0 unspecified atom stereocenters. The highest BCUT2D eigenvalue weighted by molar-refractivity contribution is 5.76. The van der Waals surface area contributed by atoms with Gasteiger partial charge in [0.15, 0.2) is 0 Å². The van der Waals surface area contributed by atoms with Crippen LogP contribution in [0.3, 0.4) is 0 Å². The molecule has 1 aliphatic heterocycles. The summed E-state index contributed by atoms with van der Waals surface area (Å²) in [6.07, 6.45) is 0.454. The van der Waals surface area contributed by atoms with Crippen molar-refractivity contribution in [1.29, 1.82) is 0 Å². The lowest BCUT2D eigenvalue weighted by atomic mass is 9.99. The minimum atomic E-state index is -0.629. The zero-order valence-corrected chi connectivity index (χ0v) is 9.30. The maximum Gasteiger partial charge on any atom is 0.220 e. The third-order valence-electron chi connectivity index (χ3n) is 2.83. The first kappa shape index (κ1) is 12.0. The highest BCUT2D eigenvalue weighted by Gasteiger charge is 2.19. The van der Waals surface area contributed by atoms with Gasteiger partial charge in [0.05, 0.1) is 0 Å². The van der Waals surface area contributed by atoms with Crippen molar-refractivity contribution >= 4 is 5.91 Å². The molecular formula is C12H14F2N2O. The van der Waals surface area contributed by atoms with Gasteiger partial charge in [-0.2, -0.15) is 0 Å². The lowest BCUT2D eigenvalue weighted by Crippen LogP contribution is -2.44. The van der Waals surface area contributed by atoms with E-state index in [4.69, 9.17) is 0 Å². The molecule has 0 atom stereocenters. The van der Waals surface area contributed by atoms with Gasteiger partial charge in [0.2, 0.25) is 5.91 Å². The number of nitrogens with one attached hydrogen (secondary N) is 2. The smallest absolute Gasteiger partial charge is 0.220 e. The molecule has 92 valence electrons. The zero-order valence-electron chi connectivity index (χ0n) is 9.30. The maximum atomic E-state index is 13.2. The SMILES string of the molecule is O=C(CC1CNC1)NCc1ccc(F)cc1F. The van der Waals surface area contributed by atoms with Crippen molar-refractivity contribution in [3.63, 3.8) is 0 Å². The van der Waals surface area contributed by atoms with E-state index in [0.717, 1.165) is 19.2 Å². The molecular weight excluding hydrogens is 226 g/mol. The van der Waals surface area contributed by atoms with E-state index in [-0.39, 0.29) is 12.5 Å². The molecule has 1 saturated heterocycles. The van der Waals surface area contributed by atoms with Gasteiger partial charge in [-0.15, -0.1) is 0 Å². The Labute approximate surface area is 98.2 Å². The lowest BCUT2D eigenvalue weighted by molar-refractivity contribution is -0.122. The fraction of sp³-hybridized carbons (Fsp3) is 0.417. The number of hydrogen-bond donors (Lipinski definition) is 2. The topological polar surface area (TPSA) is 41.1 Å². The molecule has 0 saturated carbocycles. The fourth-order valence-electron chi connectivity index (χ4n) is 1.69. The normalized spacial score (nSPS) is 15.4. The molecule has 2 rings (SSSR count). The summed E-state index contributed by atoms with van der Waals surface area (Å²) in [5, 5.41) is 5.70. The highest BCUT2D eigenvalue weighted by Crippen LogP contribution is 2.10. The molecule has 0 aliphatic carbocycles. The van der Waals surface area contributed by atoms with Gasteiger partial charge in [-0.1, -0.05) is 6.07 Å². The summed E-state index contributed by atoms with van der Waals surface area (Å²) in [4.78, 5) is 11.5. The predicted molar refractivity (Wildman–Crippen MR) is 59.2 cm³/mol. The van der Waals surface area contributed by atoms with Crippen LogP contribution < -0.4 is 10.6 Å². The van der Waals surface area contributed by atoms with Gasteiger partial charge in [0.1, 0.15) is 11.6 Å². The molecule has 17 heavy (non-hydrogen) atoms. The van der Waals surface area contributed by atoms with Gasteiger partial charge in [0.25, 0.3) is 0 Å². The lowest BCUT2D eigenvalue weighted by Gasteiger charge is -2.26. The van der Waals surface area contributed by atoms with Crippen molar-refractivity contribution in [1.82, 2.24) is 10.6 Å². The van der Waals surface area contributed by atoms with Crippen molar-refractivity contribution in [3.05, 3.63) is 35.4 Å². The summed E-state index contributed by atoms with van der Waals surface area (Å²) >= 11 is 0. The number of hydrogen-bond acceptors (Lipinski definition) is 2. The third kappa shape index (κ3) is 3.23. The van der Waals surface area contributed by atoms with Crippen LogP contribution in [0.25, 0.3) is 0 Å². The quantitative estimate of drug-likeness (QED) is 0.830. The predicted octanol–water partition coefficient (Wildman–Crippen LogP) is 1.19. The standard InChI is InChI=1S/C12H14F2N2O/c13-10-2-1-9(11(14)4-10)7-16-12(17)3-8-5-15-6-8/h1-2,4,8,15H,3,5-7H2,(H,16,17). The second-order valence-electron chi connectivity index (χ2n) is 4.24. The van der Waals surface area contributed by atoms with Crippen LogP contribution in [-0.4, -0.2) is 19.0 Å².